The minimum Gasteiger partial charge on any atom is -0.465 e. The van der Waals surface area contributed by atoms with Crippen molar-refractivity contribution in [1.82, 2.24) is 4.90 Å². The largest absolute Gasteiger partial charge is 0.465 e. The number of thiophene rings is 1. The molecule has 142 valence electrons. The number of fused-ring (bicyclic) bond motifs is 1. The van der Waals surface area contributed by atoms with Crippen LogP contribution in [0.3, 0.4) is 0 Å². The van der Waals surface area contributed by atoms with Gasteiger partial charge in [0.05, 0.1) is 29.8 Å². The van der Waals surface area contributed by atoms with Gasteiger partial charge in [-0.3, -0.25) is 9.59 Å². The summed E-state index contributed by atoms with van der Waals surface area (Å²) in [4.78, 5) is 39.2. The van der Waals surface area contributed by atoms with Gasteiger partial charge < -0.3 is 15.0 Å². The number of benzene rings is 1. The Labute approximate surface area is 170 Å². The molecule has 0 aliphatic carbocycles. The van der Waals surface area contributed by atoms with Crippen LogP contribution >= 0.6 is 34.5 Å². The fraction of sp³-hybridized carbons (Fsp3) is 0.278. The molecule has 0 unspecified atom stereocenters. The molecule has 0 saturated carbocycles. The molecular weight excluding hydrogens is 411 g/mol. The second-order valence-electron chi connectivity index (χ2n) is 5.97. The predicted molar refractivity (Wildman–Crippen MR) is 105 cm³/mol. The van der Waals surface area contributed by atoms with Gasteiger partial charge in [0.1, 0.15) is 5.00 Å². The van der Waals surface area contributed by atoms with Crippen LogP contribution in [0.1, 0.15) is 38.1 Å². The van der Waals surface area contributed by atoms with Crippen molar-refractivity contribution in [2.24, 2.45) is 0 Å². The molecular formula is C18H16Cl2N2O4S. The number of methoxy groups -OCH3 is 1. The van der Waals surface area contributed by atoms with Crippen LogP contribution in [0.25, 0.3) is 0 Å². The van der Waals surface area contributed by atoms with Gasteiger partial charge in [0, 0.05) is 23.4 Å². The maximum Gasteiger partial charge on any atom is 0.341 e. The number of hydrogen-bond acceptors (Lipinski definition) is 5. The molecule has 1 N–H and O–H groups in total. The van der Waals surface area contributed by atoms with Crippen LogP contribution in [-0.2, 0) is 22.5 Å². The summed E-state index contributed by atoms with van der Waals surface area (Å²) in [5.41, 5.74) is 1.33. The Kier molecular flexibility index (Phi) is 5.74. The summed E-state index contributed by atoms with van der Waals surface area (Å²) in [5, 5.41) is 3.74. The van der Waals surface area contributed by atoms with Gasteiger partial charge in [0.2, 0.25) is 5.91 Å². The van der Waals surface area contributed by atoms with Crippen LogP contribution < -0.4 is 5.32 Å². The number of hydrogen-bond donors (Lipinski definition) is 1. The number of ether oxygens (including phenoxy) is 1. The van der Waals surface area contributed by atoms with Crippen LogP contribution in [0.15, 0.2) is 18.2 Å². The highest BCUT2D eigenvalue weighted by Crippen LogP contribution is 2.38. The van der Waals surface area contributed by atoms with E-state index in [0.717, 1.165) is 10.4 Å². The lowest BCUT2D eigenvalue weighted by Gasteiger charge is -2.25. The van der Waals surface area contributed by atoms with E-state index in [0.29, 0.717) is 35.1 Å². The average Bonchev–Trinajstić information content (AvgIpc) is 2.99. The first-order chi connectivity index (χ1) is 12.8. The quantitative estimate of drug-likeness (QED) is 0.752. The van der Waals surface area contributed by atoms with E-state index in [4.69, 9.17) is 27.9 Å². The molecule has 1 aromatic carbocycles. The number of nitrogens with zero attached hydrogens (tertiary/aromatic N) is 1. The zero-order chi connectivity index (χ0) is 19.7. The van der Waals surface area contributed by atoms with Crippen molar-refractivity contribution in [1.29, 1.82) is 0 Å². The number of carbonyl (C=O) groups excluding carboxylic acids is 3. The zero-order valence-corrected chi connectivity index (χ0v) is 16.9. The Morgan fingerprint density at radius 3 is 2.67 bits per heavy atom. The molecule has 1 aromatic heterocycles. The summed E-state index contributed by atoms with van der Waals surface area (Å²) in [6.45, 7) is 2.41. The maximum absolute atomic E-state index is 12.7. The monoisotopic (exact) mass is 426 g/mol. The van der Waals surface area contributed by atoms with Crippen LogP contribution in [0.5, 0.6) is 0 Å². The minimum absolute atomic E-state index is 0.0371. The van der Waals surface area contributed by atoms with Gasteiger partial charge in [-0.05, 0) is 30.2 Å². The lowest BCUT2D eigenvalue weighted by Crippen LogP contribution is -2.33. The highest BCUT2D eigenvalue weighted by atomic mass is 35.5. The van der Waals surface area contributed by atoms with Crippen molar-refractivity contribution >= 4 is 57.3 Å². The van der Waals surface area contributed by atoms with E-state index in [1.165, 1.54) is 37.5 Å². The number of nitrogens with one attached hydrogen (secondary N) is 1. The van der Waals surface area contributed by atoms with Crippen molar-refractivity contribution in [3.05, 3.63) is 49.8 Å². The molecule has 0 saturated heterocycles. The predicted octanol–water partition coefficient (Wildman–Crippen LogP) is 4.00. The van der Waals surface area contributed by atoms with Crippen LogP contribution in [-0.4, -0.2) is 36.3 Å². The van der Waals surface area contributed by atoms with E-state index in [-0.39, 0.29) is 16.5 Å². The van der Waals surface area contributed by atoms with E-state index in [1.54, 1.807) is 11.0 Å². The molecule has 1 aliphatic rings. The third-order valence-electron chi connectivity index (χ3n) is 4.29. The number of rotatable bonds is 3. The average molecular weight is 427 g/mol. The van der Waals surface area contributed by atoms with Gasteiger partial charge >= 0.3 is 5.97 Å². The summed E-state index contributed by atoms with van der Waals surface area (Å²) in [6.07, 6.45) is 0.517. The Morgan fingerprint density at radius 2 is 2.00 bits per heavy atom. The normalized spacial score (nSPS) is 13.1. The van der Waals surface area contributed by atoms with Crippen LogP contribution in [0.4, 0.5) is 5.00 Å². The fourth-order valence-electron chi connectivity index (χ4n) is 2.92. The van der Waals surface area contributed by atoms with Crippen molar-refractivity contribution < 1.29 is 19.1 Å². The molecule has 2 aromatic rings. The van der Waals surface area contributed by atoms with Gasteiger partial charge in [0.25, 0.3) is 5.91 Å². The number of esters is 1. The van der Waals surface area contributed by atoms with Gasteiger partial charge in [0.15, 0.2) is 0 Å². The molecule has 0 spiro atoms. The first-order valence-corrected chi connectivity index (χ1v) is 9.63. The lowest BCUT2D eigenvalue weighted by molar-refractivity contribution is -0.129. The minimum atomic E-state index is -0.531. The third kappa shape index (κ3) is 3.95. The Balaban J connectivity index is 1.97. The Hall–Kier alpha value is -2.09. The van der Waals surface area contributed by atoms with Crippen LogP contribution in [0, 0.1) is 0 Å². The maximum atomic E-state index is 12.7. The molecule has 6 nitrogen and oxygen atoms in total. The Morgan fingerprint density at radius 1 is 1.26 bits per heavy atom. The number of amides is 2. The topological polar surface area (TPSA) is 75.7 Å². The highest BCUT2D eigenvalue weighted by Gasteiger charge is 2.30. The molecule has 27 heavy (non-hydrogen) atoms. The van der Waals surface area contributed by atoms with E-state index < -0.39 is 11.9 Å². The van der Waals surface area contributed by atoms with Gasteiger partial charge in [-0.1, -0.05) is 23.2 Å². The molecule has 0 fully saturated rings. The van der Waals surface area contributed by atoms with E-state index in [1.807, 2.05) is 0 Å². The Bertz CT molecular complexity index is 942. The molecule has 9 heteroatoms. The molecule has 0 radical (unpaired) electrons. The first-order valence-electron chi connectivity index (χ1n) is 8.06. The van der Waals surface area contributed by atoms with Crippen molar-refractivity contribution in [3.8, 4) is 0 Å². The standard InChI is InChI=1S/C18H16Cl2N2O4S/c1-9(23)22-6-5-11-14(8-22)27-17(15(11)18(25)26-2)21-16(24)12-7-10(19)3-4-13(12)20/h3-4,7H,5-6,8H2,1-2H3,(H,21,24). The number of halogens is 2. The lowest BCUT2D eigenvalue weighted by atomic mass is 10.0. The summed E-state index contributed by atoms with van der Waals surface area (Å²) in [7, 11) is 1.29. The molecule has 0 atom stereocenters. The van der Waals surface area contributed by atoms with Crippen molar-refractivity contribution in [3.63, 3.8) is 0 Å². The van der Waals surface area contributed by atoms with Gasteiger partial charge in [-0.2, -0.15) is 0 Å². The first kappa shape index (κ1) is 19.7. The van der Waals surface area contributed by atoms with E-state index in [9.17, 15) is 14.4 Å². The van der Waals surface area contributed by atoms with Gasteiger partial charge in [-0.25, -0.2) is 4.79 Å². The summed E-state index contributed by atoms with van der Waals surface area (Å²) in [5.74, 6) is -1.05. The van der Waals surface area contributed by atoms with Crippen molar-refractivity contribution in [2.75, 3.05) is 19.0 Å². The van der Waals surface area contributed by atoms with Crippen LogP contribution in [0.2, 0.25) is 10.0 Å². The molecule has 1 aliphatic heterocycles. The number of carbonyl (C=O) groups is 3. The summed E-state index contributed by atoms with van der Waals surface area (Å²) >= 11 is 13.3. The smallest absolute Gasteiger partial charge is 0.341 e. The highest BCUT2D eigenvalue weighted by molar-refractivity contribution is 7.17. The SMILES string of the molecule is COC(=O)c1c(NC(=O)c2cc(Cl)ccc2Cl)sc2c1CCN(C(C)=O)C2. The molecule has 3 rings (SSSR count). The zero-order valence-electron chi connectivity index (χ0n) is 14.6. The van der Waals surface area contributed by atoms with E-state index in [2.05, 4.69) is 5.32 Å². The van der Waals surface area contributed by atoms with Gasteiger partial charge in [-0.15, -0.1) is 11.3 Å². The molecule has 2 amide bonds. The molecule has 0 bridgehead atoms. The fourth-order valence-corrected chi connectivity index (χ4v) is 4.54. The van der Waals surface area contributed by atoms with E-state index >= 15 is 0 Å². The summed E-state index contributed by atoms with van der Waals surface area (Å²) < 4.78 is 4.89. The third-order valence-corrected chi connectivity index (χ3v) is 5.99. The molecule has 2 heterocycles. The summed E-state index contributed by atoms with van der Waals surface area (Å²) in [6, 6.07) is 4.58. The second kappa shape index (κ2) is 7.88. The van der Waals surface area contributed by atoms with Crippen molar-refractivity contribution in [2.45, 2.75) is 19.9 Å². The number of anilines is 1. The second-order valence-corrected chi connectivity index (χ2v) is 7.92.